The normalized spacial score (nSPS) is 16.8. The van der Waals surface area contributed by atoms with Gasteiger partial charge in [-0.15, -0.1) is 0 Å². The maximum Gasteiger partial charge on any atom is 0.315 e. The van der Waals surface area contributed by atoms with Crippen molar-refractivity contribution in [3.8, 4) is 0 Å². The van der Waals surface area contributed by atoms with Crippen molar-refractivity contribution in [2.24, 2.45) is 5.18 Å². The number of urea groups is 1. The van der Waals surface area contributed by atoms with E-state index in [1.807, 2.05) is 36.4 Å². The number of carbonyl (C=O) groups excluding carboxylic acids is 1. The van der Waals surface area contributed by atoms with E-state index in [-0.39, 0.29) is 18.7 Å². The number of carbonyl (C=O) groups is 1. The first kappa shape index (κ1) is 22.5. The summed E-state index contributed by atoms with van der Waals surface area (Å²) in [6.45, 7) is 3.86. The lowest BCUT2D eigenvalue weighted by atomic mass is 10.1. The molecule has 0 spiro atoms. The Kier molecular flexibility index (Phi) is 8.45. The molecular weight excluding hydrogens is 427 g/mol. The van der Waals surface area contributed by atoms with E-state index >= 15 is 0 Å². The van der Waals surface area contributed by atoms with Gasteiger partial charge in [0, 0.05) is 32.7 Å². The van der Waals surface area contributed by atoms with E-state index in [0.717, 1.165) is 29.8 Å². The second-order valence-corrected chi connectivity index (χ2v) is 7.96. The minimum absolute atomic E-state index is 0.0811. The lowest BCUT2D eigenvalue weighted by Crippen LogP contribution is -2.48. The van der Waals surface area contributed by atoms with Crippen LogP contribution in [0.15, 0.2) is 47.6 Å². The number of nitrogens with one attached hydrogen (secondary N) is 2. The van der Waals surface area contributed by atoms with Gasteiger partial charge >= 0.3 is 6.03 Å². The lowest BCUT2D eigenvalue weighted by molar-refractivity contribution is -0.0287. The van der Waals surface area contributed by atoms with Gasteiger partial charge in [0.15, 0.2) is 0 Å². The first-order valence-corrected chi connectivity index (χ1v) is 10.5. The molecule has 2 N–H and O–H groups in total. The Morgan fingerprint density at radius 2 is 1.80 bits per heavy atom. The smallest absolute Gasteiger partial charge is 0.315 e. The number of morpholine rings is 1. The van der Waals surface area contributed by atoms with Crippen molar-refractivity contribution in [3.05, 3.63) is 74.1 Å². The van der Waals surface area contributed by atoms with Gasteiger partial charge in [0.2, 0.25) is 0 Å². The first-order valence-electron chi connectivity index (χ1n) is 9.70. The molecule has 2 aromatic carbocycles. The van der Waals surface area contributed by atoms with Gasteiger partial charge < -0.3 is 15.4 Å². The summed E-state index contributed by atoms with van der Waals surface area (Å²) < 4.78 is 5.77. The molecule has 1 aliphatic heterocycles. The van der Waals surface area contributed by atoms with Crippen LogP contribution in [-0.2, 0) is 24.4 Å². The second kappa shape index (κ2) is 11.3. The van der Waals surface area contributed by atoms with Crippen LogP contribution in [-0.4, -0.2) is 43.3 Å². The Balaban J connectivity index is 1.39. The van der Waals surface area contributed by atoms with Crippen molar-refractivity contribution in [2.75, 3.05) is 26.2 Å². The standard InChI is InChI=1S/C21H24Cl2N4O3/c22-19-6-5-17(9-20(19)23)13-27-7-8-30-18(14-27)12-25-21(28)24-10-15-1-3-16(4-2-15)11-26-29/h1-6,9,18H,7-8,10-14H2,(H2,24,25,28)/t18-/m0/s1. The van der Waals surface area contributed by atoms with Crippen LogP contribution in [0.1, 0.15) is 16.7 Å². The van der Waals surface area contributed by atoms with Gasteiger partial charge in [0.05, 0.1) is 22.8 Å². The van der Waals surface area contributed by atoms with E-state index in [1.165, 1.54) is 0 Å². The number of nitrogens with zero attached hydrogens (tertiary/aromatic N) is 2. The van der Waals surface area contributed by atoms with Crippen LogP contribution >= 0.6 is 23.2 Å². The fourth-order valence-electron chi connectivity index (χ4n) is 3.23. The highest BCUT2D eigenvalue weighted by molar-refractivity contribution is 6.42. The molecule has 0 aromatic heterocycles. The van der Waals surface area contributed by atoms with Gasteiger partial charge in [0.25, 0.3) is 0 Å². The molecular formula is C21H24Cl2N4O3. The number of benzene rings is 2. The molecule has 160 valence electrons. The molecule has 30 heavy (non-hydrogen) atoms. The first-order chi connectivity index (χ1) is 14.5. The van der Waals surface area contributed by atoms with E-state index in [4.69, 9.17) is 27.9 Å². The highest BCUT2D eigenvalue weighted by Crippen LogP contribution is 2.23. The molecule has 2 aromatic rings. The van der Waals surface area contributed by atoms with Crippen molar-refractivity contribution >= 4 is 29.2 Å². The molecule has 7 nitrogen and oxygen atoms in total. The average Bonchev–Trinajstić information content (AvgIpc) is 2.75. The van der Waals surface area contributed by atoms with Gasteiger partial charge in [-0.25, -0.2) is 4.79 Å². The van der Waals surface area contributed by atoms with E-state index in [2.05, 4.69) is 20.7 Å². The average molecular weight is 451 g/mol. The summed E-state index contributed by atoms with van der Waals surface area (Å²) in [6.07, 6.45) is -0.0811. The van der Waals surface area contributed by atoms with Gasteiger partial charge in [-0.1, -0.05) is 58.7 Å². The van der Waals surface area contributed by atoms with Gasteiger partial charge in [-0.3, -0.25) is 4.90 Å². The maximum absolute atomic E-state index is 12.1. The van der Waals surface area contributed by atoms with Crippen LogP contribution in [0.2, 0.25) is 10.0 Å². The molecule has 1 atom stereocenters. The van der Waals surface area contributed by atoms with Crippen LogP contribution in [0.3, 0.4) is 0 Å². The number of halogens is 2. The molecule has 0 aliphatic carbocycles. The summed E-state index contributed by atoms with van der Waals surface area (Å²) in [5, 5.41) is 9.63. The Labute approximate surface area is 185 Å². The fourth-order valence-corrected chi connectivity index (χ4v) is 3.55. The molecule has 3 rings (SSSR count). The Morgan fingerprint density at radius 3 is 2.53 bits per heavy atom. The van der Waals surface area contributed by atoms with Crippen LogP contribution in [0.25, 0.3) is 0 Å². The molecule has 0 radical (unpaired) electrons. The molecule has 0 saturated carbocycles. The summed E-state index contributed by atoms with van der Waals surface area (Å²) in [5.74, 6) is 0. The zero-order valence-electron chi connectivity index (χ0n) is 16.4. The van der Waals surface area contributed by atoms with E-state index in [9.17, 15) is 9.70 Å². The number of nitroso groups, excluding NO2 is 1. The molecule has 0 bridgehead atoms. The molecule has 9 heteroatoms. The molecule has 0 unspecified atom stereocenters. The third-order valence-corrected chi connectivity index (χ3v) is 5.57. The molecule has 1 heterocycles. The van der Waals surface area contributed by atoms with Gasteiger partial charge in [0.1, 0.15) is 6.54 Å². The summed E-state index contributed by atoms with van der Waals surface area (Å²) >= 11 is 12.1. The fraction of sp³-hybridized carbons (Fsp3) is 0.381. The second-order valence-electron chi connectivity index (χ2n) is 7.14. The summed E-state index contributed by atoms with van der Waals surface area (Å²) in [5.41, 5.74) is 2.88. The maximum atomic E-state index is 12.1. The summed E-state index contributed by atoms with van der Waals surface area (Å²) in [7, 11) is 0. The zero-order chi connectivity index (χ0) is 21.3. The Morgan fingerprint density at radius 1 is 1.07 bits per heavy atom. The van der Waals surface area contributed by atoms with Crippen molar-refractivity contribution in [1.82, 2.24) is 15.5 Å². The predicted octanol–water partition coefficient (Wildman–Crippen LogP) is 3.96. The minimum atomic E-state index is -0.251. The largest absolute Gasteiger partial charge is 0.374 e. The van der Waals surface area contributed by atoms with E-state index in [1.54, 1.807) is 6.07 Å². The quantitative estimate of drug-likeness (QED) is 0.596. The minimum Gasteiger partial charge on any atom is -0.374 e. The van der Waals surface area contributed by atoms with Crippen molar-refractivity contribution in [1.29, 1.82) is 0 Å². The topological polar surface area (TPSA) is 83.0 Å². The highest BCUT2D eigenvalue weighted by atomic mass is 35.5. The highest BCUT2D eigenvalue weighted by Gasteiger charge is 2.21. The number of rotatable bonds is 8. The van der Waals surface area contributed by atoms with Crippen LogP contribution in [0.5, 0.6) is 0 Å². The van der Waals surface area contributed by atoms with E-state index in [0.29, 0.717) is 36.3 Å². The SMILES string of the molecule is O=NCc1ccc(CNC(=O)NC[C@H]2CN(Cc3ccc(Cl)c(Cl)c3)CCO2)cc1. The monoisotopic (exact) mass is 450 g/mol. The van der Waals surface area contributed by atoms with E-state index < -0.39 is 0 Å². The number of hydrogen-bond acceptors (Lipinski definition) is 5. The van der Waals surface area contributed by atoms with Gasteiger partial charge in [-0.2, -0.15) is 4.91 Å². The summed E-state index contributed by atoms with van der Waals surface area (Å²) in [6, 6.07) is 12.8. The van der Waals surface area contributed by atoms with Crippen molar-refractivity contribution in [2.45, 2.75) is 25.7 Å². The number of ether oxygens (including phenoxy) is 1. The van der Waals surface area contributed by atoms with Crippen molar-refractivity contribution in [3.63, 3.8) is 0 Å². The molecule has 2 amide bonds. The Bertz CT molecular complexity index is 864. The molecule has 1 saturated heterocycles. The Hall–Kier alpha value is -2.19. The third kappa shape index (κ3) is 6.95. The van der Waals surface area contributed by atoms with Crippen LogP contribution in [0.4, 0.5) is 4.79 Å². The molecule has 1 aliphatic rings. The summed E-state index contributed by atoms with van der Waals surface area (Å²) in [4.78, 5) is 24.6. The number of amides is 2. The van der Waals surface area contributed by atoms with Crippen LogP contribution < -0.4 is 10.6 Å². The number of hydrogen-bond donors (Lipinski definition) is 2. The molecule has 1 fully saturated rings. The third-order valence-electron chi connectivity index (χ3n) is 4.83. The predicted molar refractivity (Wildman–Crippen MR) is 118 cm³/mol. The van der Waals surface area contributed by atoms with Crippen molar-refractivity contribution < 1.29 is 9.53 Å². The van der Waals surface area contributed by atoms with Gasteiger partial charge in [-0.05, 0) is 28.8 Å². The zero-order valence-corrected chi connectivity index (χ0v) is 18.0. The lowest BCUT2D eigenvalue weighted by Gasteiger charge is -2.33. The van der Waals surface area contributed by atoms with Crippen LogP contribution in [0, 0.1) is 4.91 Å².